The molecule has 2 nitrogen and oxygen atoms in total. The Bertz CT molecular complexity index is 1130. The van der Waals surface area contributed by atoms with Gasteiger partial charge in [0.2, 0.25) is 0 Å². The van der Waals surface area contributed by atoms with E-state index in [1.165, 1.54) is 19.1 Å². The van der Waals surface area contributed by atoms with Gasteiger partial charge in [0, 0.05) is 17.9 Å². The maximum absolute atomic E-state index is 14.0. The summed E-state index contributed by atoms with van der Waals surface area (Å²) in [6.07, 6.45) is -2.86. The second kappa shape index (κ2) is 9.34. The van der Waals surface area contributed by atoms with Gasteiger partial charge in [0.25, 0.3) is 0 Å². The molecule has 0 aliphatic carbocycles. The van der Waals surface area contributed by atoms with E-state index in [2.05, 4.69) is 11.6 Å². The molecular weight excluding hydrogens is 423 g/mol. The van der Waals surface area contributed by atoms with Crippen LogP contribution in [0.25, 0.3) is 0 Å². The lowest BCUT2D eigenvalue weighted by Gasteiger charge is -2.26. The number of hydrogen-bond acceptors (Lipinski definition) is 2. The van der Waals surface area contributed by atoms with Crippen LogP contribution in [0.4, 0.5) is 39.0 Å². The topological polar surface area (TPSA) is 15.6 Å². The van der Waals surface area contributed by atoms with Gasteiger partial charge in [0.1, 0.15) is 11.6 Å². The van der Waals surface area contributed by atoms with Crippen molar-refractivity contribution >= 4 is 22.8 Å². The second-order valence-corrected chi connectivity index (χ2v) is 7.21. The van der Waals surface area contributed by atoms with E-state index in [0.29, 0.717) is 22.6 Å². The van der Waals surface area contributed by atoms with E-state index in [0.717, 1.165) is 24.3 Å². The van der Waals surface area contributed by atoms with Gasteiger partial charge in [0.15, 0.2) is 0 Å². The first-order valence-electron chi connectivity index (χ1n) is 9.78. The monoisotopic (exact) mass is 444 g/mol. The van der Waals surface area contributed by atoms with Crippen LogP contribution in [0.2, 0.25) is 0 Å². The number of benzene rings is 3. The first-order chi connectivity index (χ1) is 15.1. The van der Waals surface area contributed by atoms with Crippen LogP contribution in [0.5, 0.6) is 0 Å². The van der Waals surface area contributed by atoms with E-state index < -0.39 is 23.4 Å². The van der Waals surface area contributed by atoms with Crippen molar-refractivity contribution in [2.45, 2.75) is 20.0 Å². The first-order valence-corrected chi connectivity index (χ1v) is 9.78. The number of rotatable bonds is 6. The van der Waals surface area contributed by atoms with Crippen LogP contribution in [-0.2, 0) is 6.18 Å². The van der Waals surface area contributed by atoms with Gasteiger partial charge in [0.05, 0.1) is 22.5 Å². The molecule has 0 amide bonds. The summed E-state index contributed by atoms with van der Waals surface area (Å²) in [7, 11) is 0. The van der Waals surface area contributed by atoms with Crippen molar-refractivity contribution in [2.75, 3.05) is 11.4 Å². The summed E-state index contributed by atoms with van der Waals surface area (Å²) in [6, 6.07) is 13.8. The van der Waals surface area contributed by atoms with Crippen LogP contribution in [0.15, 0.2) is 78.3 Å². The van der Waals surface area contributed by atoms with E-state index in [1.54, 1.807) is 42.2 Å². The standard InChI is InChI=1S/C25H21F5N2/c1-4-14-32(23-15-18(25(28,29)30)9-8-16(23)2)20-12-10-19(11-13-20)31-17(3)24-21(26)6-5-7-22(24)27/h4-13,15H,1,14H2,2-3H3. The average Bonchev–Trinajstić information content (AvgIpc) is 2.72. The summed E-state index contributed by atoms with van der Waals surface area (Å²) in [5, 5.41) is 0. The van der Waals surface area contributed by atoms with E-state index in [9.17, 15) is 22.0 Å². The van der Waals surface area contributed by atoms with Crippen molar-refractivity contribution in [1.82, 2.24) is 0 Å². The van der Waals surface area contributed by atoms with Gasteiger partial charge >= 0.3 is 6.18 Å². The predicted octanol–water partition coefficient (Wildman–Crippen LogP) is 7.76. The lowest BCUT2D eigenvalue weighted by atomic mass is 10.1. The molecule has 0 N–H and O–H groups in total. The van der Waals surface area contributed by atoms with E-state index in [4.69, 9.17) is 0 Å². The fourth-order valence-electron chi connectivity index (χ4n) is 3.35. The van der Waals surface area contributed by atoms with Gasteiger partial charge in [-0.25, -0.2) is 8.78 Å². The molecule has 0 heterocycles. The van der Waals surface area contributed by atoms with Crippen LogP contribution < -0.4 is 4.90 Å². The molecule has 7 heteroatoms. The van der Waals surface area contributed by atoms with E-state index in [1.807, 2.05) is 0 Å². The molecular formula is C25H21F5N2. The van der Waals surface area contributed by atoms with Crippen LogP contribution in [0, 0.1) is 18.6 Å². The van der Waals surface area contributed by atoms with Gasteiger partial charge in [-0.1, -0.05) is 18.2 Å². The zero-order valence-corrected chi connectivity index (χ0v) is 17.5. The van der Waals surface area contributed by atoms with Crippen LogP contribution in [-0.4, -0.2) is 12.3 Å². The Morgan fingerprint density at radius 2 is 1.62 bits per heavy atom. The minimum atomic E-state index is -4.46. The van der Waals surface area contributed by atoms with E-state index >= 15 is 0 Å². The van der Waals surface area contributed by atoms with Crippen molar-refractivity contribution < 1.29 is 22.0 Å². The molecule has 0 aliphatic heterocycles. The molecule has 3 rings (SSSR count). The smallest absolute Gasteiger partial charge is 0.337 e. The fraction of sp³-hybridized carbons (Fsp3) is 0.160. The maximum Gasteiger partial charge on any atom is 0.416 e. The van der Waals surface area contributed by atoms with E-state index in [-0.39, 0.29) is 17.8 Å². The highest BCUT2D eigenvalue weighted by atomic mass is 19.4. The number of hydrogen-bond donors (Lipinski definition) is 0. The van der Waals surface area contributed by atoms with Gasteiger partial charge in [-0.3, -0.25) is 4.99 Å². The molecule has 0 spiro atoms. The Labute approximate surface area is 183 Å². The molecule has 0 radical (unpaired) electrons. The third-order valence-electron chi connectivity index (χ3n) is 4.92. The molecule has 0 unspecified atom stereocenters. The zero-order chi connectivity index (χ0) is 23.5. The predicted molar refractivity (Wildman–Crippen MR) is 118 cm³/mol. The SMILES string of the molecule is C=CCN(c1ccc(N=C(C)c2c(F)cccc2F)cc1)c1cc(C(F)(F)F)ccc1C. The van der Waals surface area contributed by atoms with Gasteiger partial charge in [-0.15, -0.1) is 6.58 Å². The highest BCUT2D eigenvalue weighted by Gasteiger charge is 2.31. The molecule has 0 aromatic heterocycles. The summed E-state index contributed by atoms with van der Waals surface area (Å²) >= 11 is 0. The lowest BCUT2D eigenvalue weighted by Crippen LogP contribution is -2.19. The minimum Gasteiger partial charge on any atom is -0.337 e. The number of alkyl halides is 3. The van der Waals surface area contributed by atoms with Crippen LogP contribution in [0.1, 0.15) is 23.6 Å². The van der Waals surface area contributed by atoms with Crippen molar-refractivity contribution in [1.29, 1.82) is 0 Å². The first kappa shape index (κ1) is 23.2. The molecule has 0 bridgehead atoms. The lowest BCUT2D eigenvalue weighted by molar-refractivity contribution is -0.137. The van der Waals surface area contributed by atoms with Crippen molar-refractivity contribution in [3.63, 3.8) is 0 Å². The Morgan fingerprint density at radius 1 is 1.00 bits per heavy atom. The summed E-state index contributed by atoms with van der Waals surface area (Å²) in [5.74, 6) is -1.42. The Balaban J connectivity index is 1.97. The van der Waals surface area contributed by atoms with Crippen LogP contribution in [0.3, 0.4) is 0 Å². The second-order valence-electron chi connectivity index (χ2n) is 7.21. The molecule has 3 aromatic rings. The summed E-state index contributed by atoms with van der Waals surface area (Å²) in [5.41, 5.74) is 1.38. The molecule has 3 aromatic carbocycles. The molecule has 166 valence electrons. The number of nitrogens with zero attached hydrogens (tertiary/aromatic N) is 2. The number of anilines is 2. The fourth-order valence-corrected chi connectivity index (χ4v) is 3.35. The average molecular weight is 444 g/mol. The highest BCUT2D eigenvalue weighted by molar-refractivity contribution is 6.00. The maximum atomic E-state index is 14.0. The largest absolute Gasteiger partial charge is 0.416 e. The van der Waals surface area contributed by atoms with Crippen molar-refractivity contribution in [3.8, 4) is 0 Å². The zero-order valence-electron chi connectivity index (χ0n) is 17.5. The number of halogens is 5. The third kappa shape index (κ3) is 5.04. The van der Waals surface area contributed by atoms with Gasteiger partial charge < -0.3 is 4.90 Å². The van der Waals surface area contributed by atoms with Crippen molar-refractivity contribution in [2.24, 2.45) is 4.99 Å². The highest BCUT2D eigenvalue weighted by Crippen LogP contribution is 2.36. The van der Waals surface area contributed by atoms with Crippen LogP contribution >= 0.6 is 0 Å². The Hall–Kier alpha value is -3.48. The third-order valence-corrected chi connectivity index (χ3v) is 4.92. The van der Waals surface area contributed by atoms with Gasteiger partial charge in [-0.05, 0) is 67.9 Å². The summed E-state index contributed by atoms with van der Waals surface area (Å²) in [4.78, 5) is 5.99. The Kier molecular flexibility index (Phi) is 6.77. The van der Waals surface area contributed by atoms with Gasteiger partial charge in [-0.2, -0.15) is 13.2 Å². The molecule has 0 saturated heterocycles. The Morgan fingerprint density at radius 3 is 2.19 bits per heavy atom. The summed E-state index contributed by atoms with van der Waals surface area (Å²) < 4.78 is 67.6. The minimum absolute atomic E-state index is 0.171. The van der Waals surface area contributed by atoms with Crippen molar-refractivity contribution in [3.05, 3.63) is 102 Å². The number of aliphatic imine (C=N–C) groups is 1. The molecule has 0 fully saturated rings. The molecule has 0 saturated carbocycles. The normalized spacial score (nSPS) is 12.0. The quantitative estimate of drug-likeness (QED) is 0.216. The molecule has 0 atom stereocenters. The summed E-state index contributed by atoms with van der Waals surface area (Å²) in [6.45, 7) is 7.22. The molecule has 32 heavy (non-hydrogen) atoms. The molecule has 0 aliphatic rings. The number of aryl methyl sites for hydroxylation is 1.